The number of fused-ring (bicyclic) bond motifs is 1. The Labute approximate surface area is 161 Å². The molecule has 0 N–H and O–H groups in total. The van der Waals surface area contributed by atoms with Gasteiger partial charge in [0.05, 0.1) is 18.0 Å². The number of benzene rings is 2. The molecule has 0 fully saturated rings. The molecule has 0 radical (unpaired) electrons. The molecule has 3 nitrogen and oxygen atoms in total. The van der Waals surface area contributed by atoms with E-state index >= 15 is 0 Å². The number of hydrogen-bond donors (Lipinski definition) is 0. The molecule has 0 bridgehead atoms. The van der Waals surface area contributed by atoms with E-state index in [9.17, 15) is 0 Å². The minimum absolute atomic E-state index is 0.556. The molecule has 0 atom stereocenters. The molecule has 0 saturated heterocycles. The number of unbranched alkanes of at least 4 members (excludes halogenated alkanes) is 1. The summed E-state index contributed by atoms with van der Waals surface area (Å²) in [7, 11) is 0. The molecule has 3 heteroatoms. The van der Waals surface area contributed by atoms with Gasteiger partial charge in [0.1, 0.15) is 0 Å². The van der Waals surface area contributed by atoms with E-state index in [2.05, 4.69) is 65.4 Å². The van der Waals surface area contributed by atoms with Crippen LogP contribution in [-0.4, -0.2) is 18.1 Å². The van der Waals surface area contributed by atoms with E-state index in [1.807, 2.05) is 30.5 Å². The van der Waals surface area contributed by atoms with Crippen molar-refractivity contribution in [3.05, 3.63) is 71.9 Å². The first-order chi connectivity index (χ1) is 13.3. The minimum Gasteiger partial charge on any atom is -0.371 e. The molecule has 0 aliphatic heterocycles. The van der Waals surface area contributed by atoms with Crippen molar-refractivity contribution in [2.45, 2.75) is 26.2 Å². The summed E-state index contributed by atoms with van der Waals surface area (Å²) in [6.07, 6.45) is 8.99. The van der Waals surface area contributed by atoms with Gasteiger partial charge in [0, 0.05) is 30.4 Å². The summed E-state index contributed by atoms with van der Waals surface area (Å²) >= 11 is 0. The fourth-order valence-electron chi connectivity index (χ4n) is 3.15. The Balaban J connectivity index is 1.76. The van der Waals surface area contributed by atoms with Crippen molar-refractivity contribution in [2.75, 3.05) is 18.0 Å². The van der Waals surface area contributed by atoms with E-state index in [0.717, 1.165) is 42.4 Å². The van der Waals surface area contributed by atoms with Gasteiger partial charge in [0.25, 0.3) is 0 Å². The highest BCUT2D eigenvalue weighted by molar-refractivity contribution is 5.90. The maximum absolute atomic E-state index is 8.89. The number of nitrogens with zero attached hydrogens (tertiary/aromatic N) is 3. The standard InChI is InChI=1S/C24H25N3/c1-2-3-18-27(19-6-16-25)22-13-10-20(11-14-22)9-12-21-15-17-26-24-8-5-4-7-23(21)24/h4-5,7-15,17H,2-3,6,18-19H2,1H3/b12-9+. The number of nitriles is 1. The van der Waals surface area contributed by atoms with Crippen molar-refractivity contribution in [2.24, 2.45) is 0 Å². The Kier molecular flexibility index (Phi) is 6.60. The van der Waals surface area contributed by atoms with E-state index in [1.54, 1.807) is 0 Å². The van der Waals surface area contributed by atoms with Crippen LogP contribution in [0.25, 0.3) is 23.1 Å². The van der Waals surface area contributed by atoms with Gasteiger partial charge in [-0.1, -0.05) is 55.8 Å². The third-order valence-electron chi connectivity index (χ3n) is 4.67. The van der Waals surface area contributed by atoms with Gasteiger partial charge in [-0.05, 0) is 41.8 Å². The quantitative estimate of drug-likeness (QED) is 0.503. The van der Waals surface area contributed by atoms with Crippen LogP contribution in [-0.2, 0) is 0 Å². The summed E-state index contributed by atoms with van der Waals surface area (Å²) in [6, 6.07) is 21.1. The molecule has 1 aromatic heterocycles. The van der Waals surface area contributed by atoms with Crippen LogP contribution in [0, 0.1) is 11.3 Å². The average Bonchev–Trinajstić information content (AvgIpc) is 2.73. The molecule has 0 saturated carbocycles. The second-order valence-corrected chi connectivity index (χ2v) is 6.59. The van der Waals surface area contributed by atoms with Crippen LogP contribution in [0.1, 0.15) is 37.3 Å². The lowest BCUT2D eigenvalue weighted by atomic mass is 10.1. The van der Waals surface area contributed by atoms with E-state index in [4.69, 9.17) is 5.26 Å². The average molecular weight is 355 g/mol. The predicted molar refractivity (Wildman–Crippen MR) is 114 cm³/mol. The SMILES string of the molecule is CCCCN(CCC#N)c1ccc(/C=C/c2ccnc3ccccc23)cc1. The van der Waals surface area contributed by atoms with Gasteiger partial charge in [0.15, 0.2) is 0 Å². The van der Waals surface area contributed by atoms with Gasteiger partial charge < -0.3 is 4.90 Å². The van der Waals surface area contributed by atoms with E-state index in [0.29, 0.717) is 6.42 Å². The summed E-state index contributed by atoms with van der Waals surface area (Å²) in [6.45, 7) is 3.98. The van der Waals surface area contributed by atoms with Crippen molar-refractivity contribution in [1.29, 1.82) is 5.26 Å². The normalized spacial score (nSPS) is 11.0. The molecular weight excluding hydrogens is 330 g/mol. The van der Waals surface area contributed by atoms with Crippen molar-refractivity contribution in [1.82, 2.24) is 4.98 Å². The second-order valence-electron chi connectivity index (χ2n) is 6.59. The zero-order valence-electron chi connectivity index (χ0n) is 15.8. The number of aromatic nitrogens is 1. The Morgan fingerprint density at radius 3 is 2.59 bits per heavy atom. The molecule has 136 valence electrons. The van der Waals surface area contributed by atoms with Gasteiger partial charge >= 0.3 is 0 Å². The van der Waals surface area contributed by atoms with Crippen LogP contribution in [0.15, 0.2) is 60.8 Å². The monoisotopic (exact) mass is 355 g/mol. The molecule has 1 heterocycles. The number of anilines is 1. The Morgan fingerprint density at radius 1 is 1.00 bits per heavy atom. The third-order valence-corrected chi connectivity index (χ3v) is 4.67. The molecule has 27 heavy (non-hydrogen) atoms. The topological polar surface area (TPSA) is 39.9 Å². The van der Waals surface area contributed by atoms with Crippen LogP contribution in [0.3, 0.4) is 0 Å². The third kappa shape index (κ3) is 4.95. The minimum atomic E-state index is 0.556. The maximum Gasteiger partial charge on any atom is 0.0707 e. The van der Waals surface area contributed by atoms with Crippen molar-refractivity contribution < 1.29 is 0 Å². The van der Waals surface area contributed by atoms with E-state index < -0.39 is 0 Å². The second kappa shape index (κ2) is 9.54. The van der Waals surface area contributed by atoms with Crippen LogP contribution in [0.4, 0.5) is 5.69 Å². The first-order valence-corrected chi connectivity index (χ1v) is 9.55. The lowest BCUT2D eigenvalue weighted by molar-refractivity contribution is 0.718. The number of para-hydroxylation sites is 1. The number of hydrogen-bond acceptors (Lipinski definition) is 3. The molecule has 3 rings (SSSR count). The Morgan fingerprint density at radius 2 is 1.81 bits per heavy atom. The number of pyridine rings is 1. The van der Waals surface area contributed by atoms with Crippen molar-refractivity contribution >= 4 is 28.7 Å². The summed E-state index contributed by atoms with van der Waals surface area (Å²) in [5.41, 5.74) is 4.53. The zero-order chi connectivity index (χ0) is 18.9. The maximum atomic E-state index is 8.89. The molecule has 0 aliphatic rings. The fraction of sp³-hybridized carbons (Fsp3) is 0.250. The number of rotatable bonds is 8. The predicted octanol–water partition coefficient (Wildman–Crippen LogP) is 5.93. The highest BCUT2D eigenvalue weighted by Gasteiger charge is 2.05. The summed E-state index contributed by atoms with van der Waals surface area (Å²) < 4.78 is 0. The molecule has 0 amide bonds. The molecule has 3 aromatic rings. The molecule has 2 aromatic carbocycles. The molecular formula is C24H25N3. The highest BCUT2D eigenvalue weighted by atomic mass is 15.1. The van der Waals surface area contributed by atoms with Crippen LogP contribution in [0.2, 0.25) is 0 Å². The lowest BCUT2D eigenvalue weighted by Gasteiger charge is -2.23. The first kappa shape index (κ1) is 18.7. The van der Waals surface area contributed by atoms with E-state index in [-0.39, 0.29) is 0 Å². The lowest BCUT2D eigenvalue weighted by Crippen LogP contribution is -2.25. The summed E-state index contributed by atoms with van der Waals surface area (Å²) in [5.74, 6) is 0. The molecule has 0 aliphatic carbocycles. The zero-order valence-corrected chi connectivity index (χ0v) is 15.8. The van der Waals surface area contributed by atoms with Crippen molar-refractivity contribution in [3.8, 4) is 6.07 Å². The fourth-order valence-corrected chi connectivity index (χ4v) is 3.15. The van der Waals surface area contributed by atoms with Crippen LogP contribution in [0.5, 0.6) is 0 Å². The highest BCUT2D eigenvalue weighted by Crippen LogP contribution is 2.21. The van der Waals surface area contributed by atoms with E-state index in [1.165, 1.54) is 11.3 Å². The summed E-state index contributed by atoms with van der Waals surface area (Å²) in [4.78, 5) is 6.72. The van der Waals surface area contributed by atoms with Crippen molar-refractivity contribution in [3.63, 3.8) is 0 Å². The molecule has 0 spiro atoms. The van der Waals surface area contributed by atoms with Gasteiger partial charge in [-0.2, -0.15) is 5.26 Å². The summed E-state index contributed by atoms with van der Waals surface area (Å²) in [5, 5.41) is 10.1. The molecule has 0 unspecified atom stereocenters. The van der Waals surface area contributed by atoms with Crippen LogP contribution >= 0.6 is 0 Å². The Hall–Kier alpha value is -3.12. The van der Waals surface area contributed by atoms with Gasteiger partial charge in [-0.3, -0.25) is 4.98 Å². The van der Waals surface area contributed by atoms with Crippen LogP contribution < -0.4 is 4.90 Å². The first-order valence-electron chi connectivity index (χ1n) is 9.55. The Bertz CT molecular complexity index is 930. The van der Waals surface area contributed by atoms with Gasteiger partial charge in [-0.25, -0.2) is 0 Å². The largest absolute Gasteiger partial charge is 0.371 e. The van der Waals surface area contributed by atoms with Gasteiger partial charge in [0.2, 0.25) is 0 Å². The smallest absolute Gasteiger partial charge is 0.0707 e. The van der Waals surface area contributed by atoms with Gasteiger partial charge in [-0.15, -0.1) is 0 Å².